The number of Topliss-reactive ketones (excluding diaryl/α,β-unsaturated/α-hetero) is 1. The van der Waals surface area contributed by atoms with Crippen LogP contribution in [0.5, 0.6) is 0 Å². The number of rotatable bonds is 9. The summed E-state index contributed by atoms with van der Waals surface area (Å²) < 4.78 is 5.91. The van der Waals surface area contributed by atoms with Gasteiger partial charge in [-0.1, -0.05) is 24.4 Å². The second-order valence-electron chi connectivity index (χ2n) is 9.76. The first-order valence-corrected chi connectivity index (χ1v) is 13.2. The smallest absolute Gasteiger partial charge is 0.226 e. The van der Waals surface area contributed by atoms with Gasteiger partial charge < -0.3 is 9.32 Å². The Morgan fingerprint density at radius 2 is 1.70 bits per heavy atom. The Labute approximate surface area is 203 Å². The zero-order valence-corrected chi connectivity index (χ0v) is 20.8. The van der Waals surface area contributed by atoms with Crippen LogP contribution < -0.4 is 0 Å². The number of hydrogen-bond donors (Lipinski definition) is 0. The molecule has 5 nitrogen and oxygen atoms in total. The molecule has 0 aliphatic carbocycles. The minimum Gasteiger partial charge on any atom is -0.441 e. The van der Waals surface area contributed by atoms with E-state index in [-0.39, 0.29) is 5.92 Å². The van der Waals surface area contributed by atoms with Crippen molar-refractivity contribution in [1.29, 1.82) is 0 Å². The number of halogens is 1. The van der Waals surface area contributed by atoms with Gasteiger partial charge in [0.15, 0.2) is 0 Å². The maximum atomic E-state index is 12.7. The van der Waals surface area contributed by atoms with Crippen LogP contribution in [0.1, 0.15) is 69.2 Å². The van der Waals surface area contributed by atoms with Gasteiger partial charge >= 0.3 is 0 Å². The van der Waals surface area contributed by atoms with E-state index >= 15 is 0 Å². The lowest BCUT2D eigenvalue weighted by Gasteiger charge is -2.30. The van der Waals surface area contributed by atoms with E-state index in [1.54, 1.807) is 0 Å². The first-order valence-electron chi connectivity index (χ1n) is 12.8. The molecule has 0 unspecified atom stereocenters. The Morgan fingerprint density at radius 1 is 1.00 bits per heavy atom. The number of ketones is 1. The fraction of sp³-hybridized carbons (Fsp3) is 0.630. The summed E-state index contributed by atoms with van der Waals surface area (Å²) in [6, 6.07) is 7.57. The molecular formula is C27H38ClN3O2. The number of benzene rings is 1. The van der Waals surface area contributed by atoms with Gasteiger partial charge in [0.2, 0.25) is 5.89 Å². The van der Waals surface area contributed by atoms with Crippen LogP contribution in [-0.2, 0) is 11.3 Å². The fourth-order valence-electron chi connectivity index (χ4n) is 5.11. The number of aromatic nitrogens is 1. The third-order valence-electron chi connectivity index (χ3n) is 7.25. The summed E-state index contributed by atoms with van der Waals surface area (Å²) >= 11 is 5.99. The Balaban J connectivity index is 1.17. The van der Waals surface area contributed by atoms with Crippen LogP contribution in [-0.4, -0.2) is 53.3 Å². The van der Waals surface area contributed by atoms with Gasteiger partial charge in [0, 0.05) is 29.5 Å². The molecule has 0 saturated carbocycles. The highest BCUT2D eigenvalue weighted by atomic mass is 35.5. The van der Waals surface area contributed by atoms with Crippen molar-refractivity contribution in [3.05, 3.63) is 40.7 Å². The highest BCUT2D eigenvalue weighted by Gasteiger charge is 2.25. The number of unbranched alkanes of at least 4 members (excludes halogenated alkanes) is 1. The van der Waals surface area contributed by atoms with Crippen LogP contribution in [0.15, 0.2) is 28.7 Å². The van der Waals surface area contributed by atoms with Gasteiger partial charge in [-0.15, -0.1) is 0 Å². The van der Waals surface area contributed by atoms with E-state index in [0.29, 0.717) is 16.7 Å². The van der Waals surface area contributed by atoms with Gasteiger partial charge in [0.05, 0.1) is 5.69 Å². The van der Waals surface area contributed by atoms with Gasteiger partial charge in [-0.3, -0.25) is 9.69 Å². The number of oxazole rings is 1. The van der Waals surface area contributed by atoms with Crippen molar-refractivity contribution in [2.75, 3.05) is 32.7 Å². The molecule has 4 rings (SSSR count). The highest BCUT2D eigenvalue weighted by Crippen LogP contribution is 2.26. The number of likely N-dealkylation sites (tertiary alicyclic amines) is 2. The molecule has 2 saturated heterocycles. The number of carbonyl (C=O) groups excluding carboxylic acids is 1. The lowest BCUT2D eigenvalue weighted by molar-refractivity contribution is -0.124. The summed E-state index contributed by atoms with van der Waals surface area (Å²) in [4.78, 5) is 22.5. The molecule has 180 valence electrons. The number of piperidine rings is 1. The summed E-state index contributed by atoms with van der Waals surface area (Å²) in [6.45, 7) is 8.32. The van der Waals surface area contributed by atoms with Crippen LogP contribution in [0.2, 0.25) is 5.02 Å². The minimum atomic E-state index is 0.238. The molecule has 0 N–H and O–H groups in total. The lowest BCUT2D eigenvalue weighted by Crippen LogP contribution is -2.36. The third-order valence-corrected chi connectivity index (χ3v) is 7.50. The molecule has 0 amide bonds. The third kappa shape index (κ3) is 7.14. The topological polar surface area (TPSA) is 49.6 Å². The quantitative estimate of drug-likeness (QED) is 0.411. The molecule has 0 bridgehead atoms. The SMILES string of the molecule is Cc1oc(-c2ccc(Cl)cc2)nc1CN1CCC(C(=O)CCCCN2CCCCCC2)CC1. The van der Waals surface area contributed by atoms with E-state index in [1.165, 1.54) is 45.3 Å². The van der Waals surface area contributed by atoms with Crippen LogP contribution in [0.4, 0.5) is 0 Å². The predicted molar refractivity (Wildman–Crippen MR) is 133 cm³/mol. The van der Waals surface area contributed by atoms with Crippen molar-refractivity contribution in [3.8, 4) is 11.5 Å². The van der Waals surface area contributed by atoms with Crippen molar-refractivity contribution in [1.82, 2.24) is 14.8 Å². The van der Waals surface area contributed by atoms with E-state index in [4.69, 9.17) is 21.0 Å². The molecule has 2 fully saturated rings. The van der Waals surface area contributed by atoms with Crippen LogP contribution >= 0.6 is 11.6 Å². The number of aryl methyl sites for hydroxylation is 1. The largest absolute Gasteiger partial charge is 0.441 e. The standard InChI is InChI=1S/C27H38ClN3O2/c1-21-25(29-27(33-21)23-9-11-24(28)12-10-23)20-31-18-13-22(14-19-31)26(32)8-4-7-17-30-15-5-2-3-6-16-30/h9-12,22H,2-8,13-20H2,1H3. The van der Waals surface area contributed by atoms with Crippen molar-refractivity contribution in [2.45, 2.75) is 71.3 Å². The van der Waals surface area contributed by atoms with Gasteiger partial charge in [-0.05, 0) is 102 Å². The molecule has 2 aliphatic heterocycles. The second kappa shape index (κ2) is 12.1. The fourth-order valence-corrected chi connectivity index (χ4v) is 5.24. The Kier molecular flexibility index (Phi) is 8.99. The van der Waals surface area contributed by atoms with E-state index in [9.17, 15) is 4.79 Å². The minimum absolute atomic E-state index is 0.238. The van der Waals surface area contributed by atoms with Gasteiger partial charge in [-0.2, -0.15) is 0 Å². The zero-order valence-electron chi connectivity index (χ0n) is 20.0. The summed E-state index contributed by atoms with van der Waals surface area (Å²) in [7, 11) is 0. The van der Waals surface area contributed by atoms with Gasteiger partial charge in [0.25, 0.3) is 0 Å². The lowest BCUT2D eigenvalue weighted by atomic mass is 9.90. The molecule has 33 heavy (non-hydrogen) atoms. The summed E-state index contributed by atoms with van der Waals surface area (Å²) in [6.07, 6.45) is 10.3. The monoisotopic (exact) mass is 471 g/mol. The normalized spacial score (nSPS) is 19.0. The average Bonchev–Trinajstić information content (AvgIpc) is 3.01. The summed E-state index contributed by atoms with van der Waals surface area (Å²) in [5, 5.41) is 0.706. The molecule has 0 radical (unpaired) electrons. The molecule has 2 aliphatic rings. The van der Waals surface area contributed by atoms with Crippen LogP contribution in [0.25, 0.3) is 11.5 Å². The first-order chi connectivity index (χ1) is 16.1. The van der Waals surface area contributed by atoms with Gasteiger partial charge in [-0.25, -0.2) is 4.98 Å². The zero-order chi connectivity index (χ0) is 23.0. The molecule has 1 aromatic heterocycles. The summed E-state index contributed by atoms with van der Waals surface area (Å²) in [5.74, 6) is 2.22. The maximum Gasteiger partial charge on any atom is 0.226 e. The Hall–Kier alpha value is -1.69. The average molecular weight is 472 g/mol. The number of nitrogens with zero attached hydrogens (tertiary/aromatic N) is 3. The maximum absolute atomic E-state index is 12.7. The van der Waals surface area contributed by atoms with Crippen molar-refractivity contribution >= 4 is 17.4 Å². The molecule has 0 spiro atoms. The highest BCUT2D eigenvalue weighted by molar-refractivity contribution is 6.30. The molecule has 3 heterocycles. The van der Waals surface area contributed by atoms with E-state index in [1.807, 2.05) is 31.2 Å². The second-order valence-corrected chi connectivity index (χ2v) is 10.2. The van der Waals surface area contributed by atoms with E-state index < -0.39 is 0 Å². The number of carbonyl (C=O) groups is 1. The van der Waals surface area contributed by atoms with E-state index in [2.05, 4.69) is 9.80 Å². The summed E-state index contributed by atoms with van der Waals surface area (Å²) in [5.41, 5.74) is 1.92. The van der Waals surface area contributed by atoms with Crippen molar-refractivity contribution in [2.24, 2.45) is 5.92 Å². The van der Waals surface area contributed by atoms with E-state index in [0.717, 1.165) is 68.8 Å². The van der Waals surface area contributed by atoms with Gasteiger partial charge in [0.1, 0.15) is 11.5 Å². The first kappa shape index (κ1) is 24.4. The number of hydrogen-bond acceptors (Lipinski definition) is 5. The molecule has 1 aromatic carbocycles. The predicted octanol–water partition coefficient (Wildman–Crippen LogP) is 6.13. The van der Waals surface area contributed by atoms with Crippen LogP contribution in [0.3, 0.4) is 0 Å². The van der Waals surface area contributed by atoms with Crippen LogP contribution in [0, 0.1) is 12.8 Å². The Bertz CT molecular complexity index is 879. The molecular weight excluding hydrogens is 434 g/mol. The molecule has 6 heteroatoms. The van der Waals surface area contributed by atoms with Crippen molar-refractivity contribution in [3.63, 3.8) is 0 Å². The molecule has 0 atom stereocenters. The molecule has 2 aromatic rings. The van der Waals surface area contributed by atoms with Crippen molar-refractivity contribution < 1.29 is 9.21 Å². The Morgan fingerprint density at radius 3 is 2.39 bits per heavy atom.